The second kappa shape index (κ2) is 8.06. The predicted octanol–water partition coefficient (Wildman–Crippen LogP) is 4.29. The van der Waals surface area contributed by atoms with E-state index in [0.717, 1.165) is 30.9 Å². The number of nitrogens with one attached hydrogen (secondary N) is 2. The summed E-state index contributed by atoms with van der Waals surface area (Å²) in [6, 6.07) is 16.0. The van der Waals surface area contributed by atoms with Crippen molar-refractivity contribution < 1.29 is 4.79 Å². The minimum absolute atomic E-state index is 0.0344. The monoisotopic (exact) mass is 337 g/mol. The number of benzene rings is 2. The van der Waals surface area contributed by atoms with Gasteiger partial charge in [0.25, 0.3) is 0 Å². The standard InChI is InChI=1S/C21H27N3O/c1-3-17-6-8-19(9-7-17)23-21(25)16(2)22-18-10-12-20(13-11-18)24-14-4-5-15-24/h6-13,16,22H,3-5,14-15H2,1-2H3,(H,23,25)/t16-/m1/s1. The molecule has 0 radical (unpaired) electrons. The van der Waals surface area contributed by atoms with Crippen LogP contribution in [0.2, 0.25) is 0 Å². The fraction of sp³-hybridized carbons (Fsp3) is 0.381. The van der Waals surface area contributed by atoms with Crippen molar-refractivity contribution in [1.82, 2.24) is 0 Å². The first-order valence-corrected chi connectivity index (χ1v) is 9.17. The molecule has 2 N–H and O–H groups in total. The van der Waals surface area contributed by atoms with E-state index in [1.807, 2.05) is 43.3 Å². The molecule has 0 aliphatic carbocycles. The lowest BCUT2D eigenvalue weighted by Crippen LogP contribution is -2.31. The highest BCUT2D eigenvalue weighted by Gasteiger charge is 2.14. The highest BCUT2D eigenvalue weighted by Crippen LogP contribution is 2.22. The molecule has 1 heterocycles. The van der Waals surface area contributed by atoms with Crippen LogP contribution >= 0.6 is 0 Å². The van der Waals surface area contributed by atoms with Crippen molar-refractivity contribution in [2.45, 2.75) is 39.2 Å². The molecule has 1 saturated heterocycles. The molecule has 4 heteroatoms. The zero-order valence-corrected chi connectivity index (χ0v) is 15.1. The van der Waals surface area contributed by atoms with E-state index in [1.54, 1.807) is 0 Å². The molecule has 1 aliphatic rings. The molecule has 3 rings (SSSR count). The Kier molecular flexibility index (Phi) is 5.59. The number of nitrogens with zero attached hydrogens (tertiary/aromatic N) is 1. The molecule has 1 fully saturated rings. The first-order chi connectivity index (χ1) is 12.2. The fourth-order valence-electron chi connectivity index (χ4n) is 3.13. The van der Waals surface area contributed by atoms with Crippen LogP contribution < -0.4 is 15.5 Å². The fourth-order valence-corrected chi connectivity index (χ4v) is 3.13. The molecule has 4 nitrogen and oxygen atoms in total. The normalized spacial score (nSPS) is 15.0. The Balaban J connectivity index is 1.55. The summed E-state index contributed by atoms with van der Waals surface area (Å²) in [6.07, 6.45) is 3.55. The van der Waals surface area contributed by atoms with Crippen LogP contribution in [0.15, 0.2) is 48.5 Å². The molecule has 25 heavy (non-hydrogen) atoms. The Morgan fingerprint density at radius 1 is 1.00 bits per heavy atom. The summed E-state index contributed by atoms with van der Waals surface area (Å²) in [5.74, 6) is -0.0344. The quantitative estimate of drug-likeness (QED) is 0.826. The molecule has 0 saturated carbocycles. The maximum absolute atomic E-state index is 12.4. The second-order valence-corrected chi connectivity index (χ2v) is 6.65. The van der Waals surface area contributed by atoms with E-state index >= 15 is 0 Å². The van der Waals surface area contributed by atoms with E-state index in [0.29, 0.717) is 0 Å². The highest BCUT2D eigenvalue weighted by molar-refractivity contribution is 5.96. The van der Waals surface area contributed by atoms with Crippen molar-refractivity contribution in [2.75, 3.05) is 28.6 Å². The van der Waals surface area contributed by atoms with E-state index in [9.17, 15) is 4.79 Å². The van der Waals surface area contributed by atoms with Gasteiger partial charge in [-0.3, -0.25) is 4.79 Å². The smallest absolute Gasteiger partial charge is 0.246 e. The molecule has 2 aromatic rings. The van der Waals surface area contributed by atoms with Gasteiger partial charge in [0.15, 0.2) is 0 Å². The minimum atomic E-state index is -0.302. The van der Waals surface area contributed by atoms with Crippen molar-refractivity contribution in [3.63, 3.8) is 0 Å². The van der Waals surface area contributed by atoms with Gasteiger partial charge in [-0.15, -0.1) is 0 Å². The van der Waals surface area contributed by atoms with Gasteiger partial charge in [-0.25, -0.2) is 0 Å². The number of amides is 1. The molecule has 0 spiro atoms. The Bertz CT molecular complexity index is 688. The van der Waals surface area contributed by atoms with Gasteiger partial charge >= 0.3 is 0 Å². The van der Waals surface area contributed by atoms with Gasteiger partial charge in [-0.05, 0) is 68.1 Å². The maximum Gasteiger partial charge on any atom is 0.246 e. The van der Waals surface area contributed by atoms with E-state index < -0.39 is 0 Å². The molecule has 132 valence electrons. The zero-order chi connectivity index (χ0) is 17.6. The summed E-state index contributed by atoms with van der Waals surface area (Å²) < 4.78 is 0. The van der Waals surface area contributed by atoms with Gasteiger partial charge in [0.2, 0.25) is 5.91 Å². The lowest BCUT2D eigenvalue weighted by atomic mass is 10.1. The molecule has 1 amide bonds. The van der Waals surface area contributed by atoms with E-state index in [-0.39, 0.29) is 11.9 Å². The van der Waals surface area contributed by atoms with Crippen LogP contribution in [0.25, 0.3) is 0 Å². The number of hydrogen-bond acceptors (Lipinski definition) is 3. The second-order valence-electron chi connectivity index (χ2n) is 6.65. The van der Waals surface area contributed by atoms with Crippen molar-refractivity contribution in [1.29, 1.82) is 0 Å². The van der Waals surface area contributed by atoms with Crippen LogP contribution in [-0.2, 0) is 11.2 Å². The predicted molar refractivity (Wildman–Crippen MR) is 105 cm³/mol. The van der Waals surface area contributed by atoms with Crippen LogP contribution in [0.3, 0.4) is 0 Å². The molecule has 1 atom stereocenters. The number of hydrogen-bond donors (Lipinski definition) is 2. The topological polar surface area (TPSA) is 44.4 Å². The molecule has 0 aromatic heterocycles. The molecule has 1 aliphatic heterocycles. The van der Waals surface area contributed by atoms with Crippen LogP contribution in [0.1, 0.15) is 32.3 Å². The summed E-state index contributed by atoms with van der Waals surface area (Å²) in [4.78, 5) is 14.8. The van der Waals surface area contributed by atoms with Gasteiger partial charge in [0, 0.05) is 30.2 Å². The first-order valence-electron chi connectivity index (χ1n) is 9.17. The third-order valence-corrected chi connectivity index (χ3v) is 4.74. The van der Waals surface area contributed by atoms with Gasteiger partial charge in [0.1, 0.15) is 6.04 Å². The Labute approximate surface area is 150 Å². The molecular weight excluding hydrogens is 310 g/mol. The third kappa shape index (κ3) is 4.53. The average Bonchev–Trinajstić information content (AvgIpc) is 3.17. The summed E-state index contributed by atoms with van der Waals surface area (Å²) >= 11 is 0. The maximum atomic E-state index is 12.4. The molecule has 0 bridgehead atoms. The van der Waals surface area contributed by atoms with Crippen LogP contribution in [-0.4, -0.2) is 25.0 Å². The SMILES string of the molecule is CCc1ccc(NC(=O)[C@@H](C)Nc2ccc(N3CCCC3)cc2)cc1. The first kappa shape index (κ1) is 17.3. The lowest BCUT2D eigenvalue weighted by molar-refractivity contribution is -0.116. The van der Waals surface area contributed by atoms with Crippen LogP contribution in [0, 0.1) is 0 Å². The van der Waals surface area contributed by atoms with Gasteiger partial charge < -0.3 is 15.5 Å². The largest absolute Gasteiger partial charge is 0.374 e. The van der Waals surface area contributed by atoms with Crippen molar-refractivity contribution in [3.8, 4) is 0 Å². The van der Waals surface area contributed by atoms with E-state index in [4.69, 9.17) is 0 Å². The average molecular weight is 337 g/mol. The number of anilines is 3. The Hall–Kier alpha value is -2.49. The summed E-state index contributed by atoms with van der Waals surface area (Å²) in [5, 5.41) is 6.23. The van der Waals surface area contributed by atoms with Gasteiger partial charge in [0.05, 0.1) is 0 Å². The number of rotatable bonds is 6. The Morgan fingerprint density at radius 2 is 1.60 bits per heavy atom. The van der Waals surface area contributed by atoms with Gasteiger partial charge in [-0.2, -0.15) is 0 Å². The molecule has 0 unspecified atom stereocenters. The minimum Gasteiger partial charge on any atom is -0.374 e. The summed E-state index contributed by atoms with van der Waals surface area (Å²) in [7, 11) is 0. The number of carbonyl (C=O) groups is 1. The molecular formula is C21H27N3O. The number of aryl methyl sites for hydroxylation is 1. The van der Waals surface area contributed by atoms with Crippen molar-refractivity contribution >= 4 is 23.0 Å². The summed E-state index contributed by atoms with van der Waals surface area (Å²) in [5.41, 5.74) is 4.32. The zero-order valence-electron chi connectivity index (χ0n) is 15.1. The van der Waals surface area contributed by atoms with Crippen LogP contribution in [0.4, 0.5) is 17.1 Å². The lowest BCUT2D eigenvalue weighted by Gasteiger charge is -2.19. The van der Waals surface area contributed by atoms with Crippen molar-refractivity contribution in [3.05, 3.63) is 54.1 Å². The Morgan fingerprint density at radius 3 is 2.20 bits per heavy atom. The van der Waals surface area contributed by atoms with Crippen molar-refractivity contribution in [2.24, 2.45) is 0 Å². The highest BCUT2D eigenvalue weighted by atomic mass is 16.2. The molecule has 2 aromatic carbocycles. The number of carbonyl (C=O) groups excluding carboxylic acids is 1. The van der Waals surface area contributed by atoms with Crippen LogP contribution in [0.5, 0.6) is 0 Å². The van der Waals surface area contributed by atoms with E-state index in [1.165, 1.54) is 24.1 Å². The third-order valence-electron chi connectivity index (χ3n) is 4.74. The summed E-state index contributed by atoms with van der Waals surface area (Å²) in [6.45, 7) is 6.28. The van der Waals surface area contributed by atoms with Gasteiger partial charge in [-0.1, -0.05) is 19.1 Å². The van der Waals surface area contributed by atoms with E-state index in [2.05, 4.69) is 34.6 Å².